The second-order valence-electron chi connectivity index (χ2n) is 4.55. The van der Waals surface area contributed by atoms with E-state index in [-0.39, 0.29) is 0 Å². The van der Waals surface area contributed by atoms with Gasteiger partial charge in [-0.1, -0.05) is 6.92 Å². The summed E-state index contributed by atoms with van der Waals surface area (Å²) < 4.78 is 0. The summed E-state index contributed by atoms with van der Waals surface area (Å²) in [5.41, 5.74) is 1.17. The number of anilines is 1. The molecular formula is C12H22N4S. The lowest BCUT2D eigenvalue weighted by molar-refractivity contribution is 0.360. The number of hydrogen-bond donors (Lipinski definition) is 1. The zero-order valence-electron chi connectivity index (χ0n) is 10.8. The van der Waals surface area contributed by atoms with E-state index in [1.807, 2.05) is 0 Å². The maximum Gasteiger partial charge on any atom is 0.185 e. The first-order valence-electron chi connectivity index (χ1n) is 6.38. The zero-order chi connectivity index (χ0) is 12.1. The Balaban J connectivity index is 1.94. The Morgan fingerprint density at radius 1 is 1.35 bits per heavy atom. The fourth-order valence-corrected chi connectivity index (χ4v) is 2.89. The van der Waals surface area contributed by atoms with Crippen LogP contribution in [0.15, 0.2) is 5.38 Å². The van der Waals surface area contributed by atoms with Crippen LogP contribution in [0.4, 0.5) is 5.13 Å². The minimum absolute atomic E-state index is 0.890. The molecule has 4 nitrogen and oxygen atoms in total. The van der Waals surface area contributed by atoms with Crippen LogP contribution in [0.25, 0.3) is 0 Å². The van der Waals surface area contributed by atoms with Crippen LogP contribution in [0, 0.1) is 0 Å². The van der Waals surface area contributed by atoms with E-state index in [0.29, 0.717) is 0 Å². The van der Waals surface area contributed by atoms with Gasteiger partial charge in [0.15, 0.2) is 5.13 Å². The van der Waals surface area contributed by atoms with Crippen LogP contribution in [0.3, 0.4) is 0 Å². The van der Waals surface area contributed by atoms with Gasteiger partial charge in [0.1, 0.15) is 0 Å². The first-order valence-corrected chi connectivity index (χ1v) is 7.26. The largest absolute Gasteiger partial charge is 0.347 e. The highest BCUT2D eigenvalue weighted by Gasteiger charge is 2.15. The van der Waals surface area contributed by atoms with E-state index in [2.05, 4.69) is 34.5 Å². The molecule has 1 saturated heterocycles. The van der Waals surface area contributed by atoms with Crippen molar-refractivity contribution in [1.29, 1.82) is 0 Å². The predicted octanol–water partition coefficient (Wildman–Crippen LogP) is 1.39. The molecule has 0 bridgehead atoms. The first-order chi connectivity index (χ1) is 8.29. The van der Waals surface area contributed by atoms with Crippen LogP contribution in [0.1, 0.15) is 19.0 Å². The number of likely N-dealkylation sites (N-methyl/N-ethyl adjacent to an activating group) is 1. The van der Waals surface area contributed by atoms with Gasteiger partial charge in [-0.05, 0) is 26.6 Å². The quantitative estimate of drug-likeness (QED) is 0.880. The van der Waals surface area contributed by atoms with Gasteiger partial charge in [-0.2, -0.15) is 0 Å². The average Bonchev–Trinajstić information content (AvgIpc) is 2.69. The SMILES string of the molecule is CCNCc1csc(N2CCCN(C)CC2)n1. The molecular weight excluding hydrogens is 232 g/mol. The third-order valence-electron chi connectivity index (χ3n) is 3.09. The summed E-state index contributed by atoms with van der Waals surface area (Å²) in [7, 11) is 2.20. The van der Waals surface area contributed by atoms with Crippen LogP contribution >= 0.6 is 11.3 Å². The van der Waals surface area contributed by atoms with Crippen molar-refractivity contribution in [3.05, 3.63) is 11.1 Å². The fraction of sp³-hybridized carbons (Fsp3) is 0.750. The summed E-state index contributed by atoms with van der Waals surface area (Å²) in [5, 5.41) is 6.68. The van der Waals surface area contributed by atoms with Crippen LogP contribution < -0.4 is 10.2 Å². The summed E-state index contributed by atoms with van der Waals surface area (Å²) in [6.07, 6.45) is 1.23. The van der Waals surface area contributed by atoms with Crippen LogP contribution in [-0.2, 0) is 6.54 Å². The smallest absolute Gasteiger partial charge is 0.185 e. The summed E-state index contributed by atoms with van der Waals surface area (Å²) in [6, 6.07) is 0. The molecule has 0 aliphatic carbocycles. The molecule has 0 amide bonds. The molecule has 0 saturated carbocycles. The highest BCUT2D eigenvalue weighted by atomic mass is 32.1. The molecule has 2 rings (SSSR count). The van der Waals surface area contributed by atoms with Gasteiger partial charge >= 0.3 is 0 Å². The summed E-state index contributed by atoms with van der Waals surface area (Å²) in [6.45, 7) is 8.59. The van der Waals surface area contributed by atoms with E-state index >= 15 is 0 Å². The molecule has 1 fully saturated rings. The van der Waals surface area contributed by atoms with Crippen molar-refractivity contribution in [1.82, 2.24) is 15.2 Å². The second-order valence-corrected chi connectivity index (χ2v) is 5.38. The number of aromatic nitrogens is 1. The van der Waals surface area contributed by atoms with Crippen LogP contribution in [-0.4, -0.2) is 49.7 Å². The van der Waals surface area contributed by atoms with E-state index in [9.17, 15) is 0 Å². The van der Waals surface area contributed by atoms with Crippen LogP contribution in [0.5, 0.6) is 0 Å². The fourth-order valence-electron chi connectivity index (χ4n) is 2.01. The molecule has 5 heteroatoms. The van der Waals surface area contributed by atoms with Gasteiger partial charge in [0, 0.05) is 31.6 Å². The molecule has 1 aromatic heterocycles. The molecule has 17 heavy (non-hydrogen) atoms. The Morgan fingerprint density at radius 2 is 2.24 bits per heavy atom. The maximum atomic E-state index is 4.70. The van der Waals surface area contributed by atoms with Crippen LogP contribution in [0.2, 0.25) is 0 Å². The van der Waals surface area contributed by atoms with Gasteiger partial charge in [-0.3, -0.25) is 0 Å². The molecule has 1 aliphatic rings. The van der Waals surface area contributed by atoms with Gasteiger partial charge in [0.25, 0.3) is 0 Å². The summed E-state index contributed by atoms with van der Waals surface area (Å²) in [5.74, 6) is 0. The number of thiazole rings is 1. The average molecular weight is 254 g/mol. The monoisotopic (exact) mass is 254 g/mol. The molecule has 0 unspecified atom stereocenters. The maximum absolute atomic E-state index is 4.70. The predicted molar refractivity (Wildman–Crippen MR) is 73.8 cm³/mol. The van der Waals surface area contributed by atoms with Gasteiger partial charge in [0.05, 0.1) is 5.69 Å². The van der Waals surface area contributed by atoms with E-state index < -0.39 is 0 Å². The Morgan fingerprint density at radius 3 is 3.06 bits per heavy atom. The number of nitrogens with zero attached hydrogens (tertiary/aromatic N) is 3. The molecule has 2 heterocycles. The standard InChI is InChI=1S/C12H22N4S/c1-3-13-9-11-10-17-12(14-11)16-6-4-5-15(2)7-8-16/h10,13H,3-9H2,1-2H3. The molecule has 1 N–H and O–H groups in total. The molecule has 1 aromatic rings. The second kappa shape index (κ2) is 6.33. The number of hydrogen-bond acceptors (Lipinski definition) is 5. The minimum atomic E-state index is 0.890. The third-order valence-corrected chi connectivity index (χ3v) is 4.04. The van der Waals surface area contributed by atoms with Crippen molar-refractivity contribution in [2.24, 2.45) is 0 Å². The van der Waals surface area contributed by atoms with Crippen molar-refractivity contribution in [2.75, 3.05) is 44.7 Å². The molecule has 96 valence electrons. The van der Waals surface area contributed by atoms with E-state index in [4.69, 9.17) is 4.98 Å². The normalized spacial score (nSPS) is 18.4. The molecule has 0 atom stereocenters. The minimum Gasteiger partial charge on any atom is -0.347 e. The zero-order valence-corrected chi connectivity index (χ0v) is 11.6. The number of rotatable bonds is 4. The van der Waals surface area contributed by atoms with Crippen molar-refractivity contribution in [3.63, 3.8) is 0 Å². The summed E-state index contributed by atoms with van der Waals surface area (Å²) >= 11 is 1.77. The Kier molecular flexibility index (Phi) is 4.76. The molecule has 1 aliphatic heterocycles. The highest BCUT2D eigenvalue weighted by molar-refractivity contribution is 7.13. The number of nitrogens with one attached hydrogen (secondary N) is 1. The van der Waals surface area contributed by atoms with Crippen molar-refractivity contribution in [3.8, 4) is 0 Å². The van der Waals surface area contributed by atoms with Gasteiger partial charge < -0.3 is 15.1 Å². The lowest BCUT2D eigenvalue weighted by Gasteiger charge is -2.19. The van der Waals surface area contributed by atoms with Gasteiger partial charge in [-0.15, -0.1) is 11.3 Å². The Bertz CT molecular complexity index is 339. The lowest BCUT2D eigenvalue weighted by atomic mass is 10.4. The van der Waals surface area contributed by atoms with Crippen molar-refractivity contribution in [2.45, 2.75) is 19.9 Å². The van der Waals surface area contributed by atoms with E-state index in [0.717, 1.165) is 32.7 Å². The van der Waals surface area contributed by atoms with E-state index in [1.165, 1.54) is 23.8 Å². The van der Waals surface area contributed by atoms with Gasteiger partial charge in [0.2, 0.25) is 0 Å². The Hall–Kier alpha value is -0.650. The van der Waals surface area contributed by atoms with Crippen molar-refractivity contribution < 1.29 is 0 Å². The lowest BCUT2D eigenvalue weighted by Crippen LogP contribution is -2.28. The van der Waals surface area contributed by atoms with Gasteiger partial charge in [-0.25, -0.2) is 4.98 Å². The first kappa shape index (κ1) is 12.8. The molecule has 0 spiro atoms. The Labute approximate surface area is 108 Å². The molecule has 0 radical (unpaired) electrons. The topological polar surface area (TPSA) is 31.4 Å². The van der Waals surface area contributed by atoms with Crippen molar-refractivity contribution >= 4 is 16.5 Å². The highest BCUT2D eigenvalue weighted by Crippen LogP contribution is 2.21. The molecule has 0 aromatic carbocycles. The van der Waals surface area contributed by atoms with E-state index in [1.54, 1.807) is 11.3 Å². The third kappa shape index (κ3) is 3.66. The summed E-state index contributed by atoms with van der Waals surface area (Å²) in [4.78, 5) is 9.52.